The predicted molar refractivity (Wildman–Crippen MR) is 98.7 cm³/mol. The van der Waals surface area contributed by atoms with Gasteiger partial charge in [-0.2, -0.15) is 4.37 Å². The summed E-state index contributed by atoms with van der Waals surface area (Å²) in [5.74, 6) is -2.51. The Labute approximate surface area is 158 Å². The van der Waals surface area contributed by atoms with Crippen LogP contribution in [-0.4, -0.2) is 38.0 Å². The molecule has 0 radical (unpaired) electrons. The quantitative estimate of drug-likeness (QED) is 0.588. The molecule has 8 nitrogen and oxygen atoms in total. The molecule has 3 aromatic heterocycles. The summed E-state index contributed by atoms with van der Waals surface area (Å²) < 4.78 is 4.21. The molecule has 0 saturated heterocycles. The maximum absolute atomic E-state index is 12.7. The molecular weight excluding hydrogens is 366 g/mol. The lowest BCUT2D eigenvalue weighted by Gasteiger charge is -2.16. The summed E-state index contributed by atoms with van der Waals surface area (Å²) in [6.07, 6.45) is 4.83. The van der Waals surface area contributed by atoms with E-state index in [4.69, 9.17) is 5.73 Å². The van der Waals surface area contributed by atoms with E-state index >= 15 is 0 Å². The molecule has 1 atom stereocenters. The Bertz CT molecular complexity index is 959. The number of pyridine rings is 2. The molecule has 0 aliphatic carbocycles. The number of hydrogen-bond donors (Lipinski definition) is 2. The number of nitrogens with one attached hydrogen (secondary N) is 1. The van der Waals surface area contributed by atoms with E-state index < -0.39 is 23.6 Å². The van der Waals surface area contributed by atoms with Crippen LogP contribution in [0, 0.1) is 0 Å². The minimum absolute atomic E-state index is 0.118. The number of ketones is 1. The fourth-order valence-corrected chi connectivity index (χ4v) is 3.13. The zero-order valence-electron chi connectivity index (χ0n) is 14.0. The fraction of sp³-hybridized carbons (Fsp3) is 0.111. The number of hydrogen-bond acceptors (Lipinski definition) is 7. The summed E-state index contributed by atoms with van der Waals surface area (Å²) in [6.45, 7) is 0. The first-order valence-corrected chi connectivity index (χ1v) is 8.79. The summed E-state index contributed by atoms with van der Waals surface area (Å²) in [5.41, 5.74) is 7.09. The predicted octanol–water partition coefficient (Wildman–Crippen LogP) is 0.996. The van der Waals surface area contributed by atoms with Crippen molar-refractivity contribution in [3.05, 3.63) is 65.4 Å². The SMILES string of the molecule is NC(=O)C(=O)C(Cc1ccncc1)NC(=O)c1csnc1-c1ccccn1. The van der Waals surface area contributed by atoms with Gasteiger partial charge in [0.15, 0.2) is 0 Å². The van der Waals surface area contributed by atoms with E-state index in [1.54, 1.807) is 54.3 Å². The summed E-state index contributed by atoms with van der Waals surface area (Å²) in [5, 5.41) is 4.16. The maximum Gasteiger partial charge on any atom is 0.287 e. The molecule has 3 aromatic rings. The Balaban J connectivity index is 1.84. The second-order valence-corrected chi connectivity index (χ2v) is 6.24. The second-order valence-electron chi connectivity index (χ2n) is 5.61. The molecule has 3 rings (SSSR count). The summed E-state index contributed by atoms with van der Waals surface area (Å²) in [7, 11) is 0. The van der Waals surface area contributed by atoms with Crippen LogP contribution in [-0.2, 0) is 16.0 Å². The average Bonchev–Trinajstić information content (AvgIpc) is 3.18. The van der Waals surface area contributed by atoms with Crippen LogP contribution in [0.2, 0.25) is 0 Å². The minimum Gasteiger partial charge on any atom is -0.363 e. The highest BCUT2D eigenvalue weighted by Gasteiger charge is 2.27. The van der Waals surface area contributed by atoms with Gasteiger partial charge in [0.2, 0.25) is 5.78 Å². The largest absolute Gasteiger partial charge is 0.363 e. The lowest BCUT2D eigenvalue weighted by atomic mass is 10.0. The van der Waals surface area contributed by atoms with Gasteiger partial charge in [0, 0.05) is 30.4 Å². The smallest absolute Gasteiger partial charge is 0.287 e. The molecule has 136 valence electrons. The number of amides is 2. The monoisotopic (exact) mass is 381 g/mol. The lowest BCUT2D eigenvalue weighted by Crippen LogP contribution is -2.47. The van der Waals surface area contributed by atoms with E-state index in [1.165, 1.54) is 0 Å². The zero-order valence-corrected chi connectivity index (χ0v) is 14.8. The number of nitrogens with zero attached hydrogens (tertiary/aromatic N) is 3. The van der Waals surface area contributed by atoms with Crippen molar-refractivity contribution >= 4 is 29.1 Å². The molecule has 0 aliphatic heterocycles. The van der Waals surface area contributed by atoms with Gasteiger partial charge in [0.05, 0.1) is 11.3 Å². The molecule has 3 heterocycles. The molecule has 0 aromatic carbocycles. The number of primary amides is 1. The van der Waals surface area contributed by atoms with Crippen molar-refractivity contribution in [1.82, 2.24) is 19.7 Å². The third-order valence-corrected chi connectivity index (χ3v) is 4.40. The lowest BCUT2D eigenvalue weighted by molar-refractivity contribution is -0.137. The van der Waals surface area contributed by atoms with Crippen molar-refractivity contribution in [2.75, 3.05) is 0 Å². The van der Waals surface area contributed by atoms with Gasteiger partial charge in [-0.15, -0.1) is 0 Å². The van der Waals surface area contributed by atoms with Gasteiger partial charge in [-0.3, -0.25) is 24.4 Å². The average molecular weight is 381 g/mol. The van der Waals surface area contributed by atoms with Crippen LogP contribution in [0.4, 0.5) is 0 Å². The zero-order chi connectivity index (χ0) is 19.2. The standard InChI is InChI=1S/C18H15N5O3S/c19-17(25)16(24)14(9-11-4-7-20-8-5-11)22-18(26)12-10-27-23-15(12)13-3-1-2-6-21-13/h1-8,10,14H,9H2,(H2,19,25)(H,22,26). The van der Waals surface area contributed by atoms with Gasteiger partial charge >= 0.3 is 0 Å². The Morgan fingerprint density at radius 1 is 1.11 bits per heavy atom. The van der Waals surface area contributed by atoms with Crippen LogP contribution in [0.1, 0.15) is 15.9 Å². The molecule has 0 saturated carbocycles. The van der Waals surface area contributed by atoms with Crippen LogP contribution in [0.3, 0.4) is 0 Å². The molecule has 0 aliphatic rings. The van der Waals surface area contributed by atoms with Crippen molar-refractivity contribution in [3.63, 3.8) is 0 Å². The number of carbonyl (C=O) groups excluding carboxylic acids is 3. The molecule has 9 heteroatoms. The van der Waals surface area contributed by atoms with Gasteiger partial charge in [-0.25, -0.2) is 0 Å². The van der Waals surface area contributed by atoms with Crippen molar-refractivity contribution in [2.45, 2.75) is 12.5 Å². The molecular formula is C18H15N5O3S. The summed E-state index contributed by atoms with van der Waals surface area (Å²) >= 11 is 1.10. The first-order valence-electron chi connectivity index (χ1n) is 7.95. The third kappa shape index (κ3) is 4.39. The summed E-state index contributed by atoms with van der Waals surface area (Å²) in [6, 6.07) is 7.57. The molecule has 0 bridgehead atoms. The van der Waals surface area contributed by atoms with Crippen LogP contribution in [0.25, 0.3) is 11.4 Å². The number of Topliss-reactive ketones (excluding diaryl/α,β-unsaturated/α-hetero) is 1. The van der Waals surface area contributed by atoms with Gasteiger partial charge in [-0.05, 0) is 41.4 Å². The highest BCUT2D eigenvalue weighted by molar-refractivity contribution is 7.04. The molecule has 2 amide bonds. The van der Waals surface area contributed by atoms with Crippen molar-refractivity contribution in [2.24, 2.45) is 5.73 Å². The maximum atomic E-state index is 12.7. The number of aromatic nitrogens is 3. The summed E-state index contributed by atoms with van der Waals surface area (Å²) in [4.78, 5) is 44.4. The Morgan fingerprint density at radius 2 is 1.89 bits per heavy atom. The molecule has 0 spiro atoms. The van der Waals surface area contributed by atoms with Crippen LogP contribution in [0.15, 0.2) is 54.3 Å². The van der Waals surface area contributed by atoms with Gasteiger partial charge < -0.3 is 11.1 Å². The van der Waals surface area contributed by atoms with E-state index in [9.17, 15) is 14.4 Å². The minimum atomic E-state index is -1.11. The van der Waals surface area contributed by atoms with Crippen molar-refractivity contribution < 1.29 is 14.4 Å². The highest BCUT2D eigenvalue weighted by Crippen LogP contribution is 2.22. The Morgan fingerprint density at radius 3 is 2.56 bits per heavy atom. The number of nitrogens with two attached hydrogens (primary N) is 1. The highest BCUT2D eigenvalue weighted by atomic mass is 32.1. The molecule has 0 fully saturated rings. The topological polar surface area (TPSA) is 128 Å². The van der Waals surface area contributed by atoms with Crippen molar-refractivity contribution in [1.29, 1.82) is 0 Å². The Hall–Kier alpha value is -3.46. The Kier molecular flexibility index (Phi) is 5.62. The normalized spacial score (nSPS) is 11.6. The van der Waals surface area contributed by atoms with Gasteiger partial charge in [0.25, 0.3) is 11.8 Å². The van der Waals surface area contributed by atoms with E-state index in [2.05, 4.69) is 19.7 Å². The molecule has 3 N–H and O–H groups in total. The van der Waals surface area contributed by atoms with Crippen LogP contribution < -0.4 is 11.1 Å². The first-order chi connectivity index (χ1) is 13.1. The molecule has 27 heavy (non-hydrogen) atoms. The van der Waals surface area contributed by atoms with Gasteiger partial charge in [0.1, 0.15) is 11.7 Å². The van der Waals surface area contributed by atoms with E-state index in [1.807, 2.05) is 0 Å². The third-order valence-electron chi connectivity index (χ3n) is 3.78. The van der Waals surface area contributed by atoms with E-state index in [-0.39, 0.29) is 12.0 Å². The van der Waals surface area contributed by atoms with E-state index in [0.717, 1.165) is 17.1 Å². The van der Waals surface area contributed by atoms with Gasteiger partial charge in [-0.1, -0.05) is 6.07 Å². The fourth-order valence-electron chi connectivity index (χ4n) is 2.46. The van der Waals surface area contributed by atoms with Crippen molar-refractivity contribution in [3.8, 4) is 11.4 Å². The first kappa shape index (κ1) is 18.3. The second kappa shape index (κ2) is 8.28. The van der Waals surface area contributed by atoms with E-state index in [0.29, 0.717) is 11.4 Å². The van der Waals surface area contributed by atoms with Crippen LogP contribution in [0.5, 0.6) is 0 Å². The molecule has 1 unspecified atom stereocenters. The van der Waals surface area contributed by atoms with Crippen LogP contribution >= 0.6 is 11.5 Å². The number of rotatable bonds is 7. The number of carbonyl (C=O) groups is 3.